The van der Waals surface area contributed by atoms with Gasteiger partial charge < -0.3 is 10.1 Å². The number of hydrogen-bond donors (Lipinski definition) is 1. The molecule has 0 fully saturated rings. The van der Waals surface area contributed by atoms with Gasteiger partial charge in [-0.3, -0.25) is 9.48 Å². The van der Waals surface area contributed by atoms with Crippen LogP contribution in [-0.2, 0) is 11.8 Å². The molecule has 2 aromatic rings. The third-order valence-corrected chi connectivity index (χ3v) is 3.51. The van der Waals surface area contributed by atoms with Crippen LogP contribution in [0, 0.1) is 13.8 Å². The Bertz CT molecular complexity index is 663. The molecular formula is C15H22N4O2. The number of rotatable bonds is 5. The predicted octanol–water partition coefficient (Wildman–Crippen LogP) is 1.88. The summed E-state index contributed by atoms with van der Waals surface area (Å²) in [5.74, 6) is 0.312. The van der Waals surface area contributed by atoms with E-state index >= 15 is 0 Å². The molecule has 0 saturated heterocycles. The standard InChI is InChI=1S/C15H22N4O2/c1-6-10(3)16-12(20)8-21-13-7-9(2)14-11(4)18-19(5)15(14)17-13/h7,10H,6,8H2,1-5H3,(H,16,20)/t10-/m1/s1. The van der Waals surface area contributed by atoms with Crippen LogP contribution in [0.15, 0.2) is 6.07 Å². The maximum absolute atomic E-state index is 11.7. The van der Waals surface area contributed by atoms with Crippen molar-refractivity contribution in [2.24, 2.45) is 7.05 Å². The highest BCUT2D eigenvalue weighted by atomic mass is 16.5. The second-order valence-electron chi connectivity index (χ2n) is 5.35. The molecule has 0 aliphatic rings. The number of hydrogen-bond acceptors (Lipinski definition) is 4. The van der Waals surface area contributed by atoms with Crippen molar-refractivity contribution in [2.45, 2.75) is 40.2 Å². The van der Waals surface area contributed by atoms with Gasteiger partial charge in [-0.2, -0.15) is 10.1 Å². The summed E-state index contributed by atoms with van der Waals surface area (Å²) in [5, 5.41) is 8.25. The molecule has 2 aromatic heterocycles. The number of pyridine rings is 1. The predicted molar refractivity (Wildman–Crippen MR) is 81.4 cm³/mol. The van der Waals surface area contributed by atoms with Crippen molar-refractivity contribution in [1.82, 2.24) is 20.1 Å². The molecule has 0 spiro atoms. The lowest BCUT2D eigenvalue weighted by atomic mass is 10.2. The molecule has 1 N–H and O–H groups in total. The van der Waals surface area contributed by atoms with Crippen molar-refractivity contribution in [1.29, 1.82) is 0 Å². The number of amides is 1. The van der Waals surface area contributed by atoms with E-state index in [-0.39, 0.29) is 18.6 Å². The zero-order valence-corrected chi connectivity index (χ0v) is 13.2. The number of carbonyl (C=O) groups excluding carboxylic acids is 1. The highest BCUT2D eigenvalue weighted by Crippen LogP contribution is 2.23. The molecule has 0 radical (unpaired) electrons. The van der Waals surface area contributed by atoms with E-state index in [1.165, 1.54) is 0 Å². The molecule has 2 rings (SSSR count). The van der Waals surface area contributed by atoms with Gasteiger partial charge in [0.05, 0.1) is 5.69 Å². The Morgan fingerprint density at radius 3 is 2.86 bits per heavy atom. The van der Waals surface area contributed by atoms with Crippen LogP contribution in [0.5, 0.6) is 5.88 Å². The lowest BCUT2D eigenvalue weighted by Gasteiger charge is -2.12. The highest BCUT2D eigenvalue weighted by Gasteiger charge is 2.13. The Kier molecular flexibility index (Phi) is 4.45. The van der Waals surface area contributed by atoms with Gasteiger partial charge in [0.2, 0.25) is 5.88 Å². The fraction of sp³-hybridized carbons (Fsp3) is 0.533. The van der Waals surface area contributed by atoms with Crippen LogP contribution in [0.25, 0.3) is 11.0 Å². The lowest BCUT2D eigenvalue weighted by molar-refractivity contribution is -0.123. The van der Waals surface area contributed by atoms with E-state index in [4.69, 9.17) is 4.74 Å². The third-order valence-electron chi connectivity index (χ3n) is 3.51. The molecule has 6 heteroatoms. The van der Waals surface area contributed by atoms with Gasteiger partial charge in [-0.05, 0) is 32.8 Å². The maximum Gasteiger partial charge on any atom is 0.258 e. The van der Waals surface area contributed by atoms with Gasteiger partial charge in [0.1, 0.15) is 0 Å². The lowest BCUT2D eigenvalue weighted by Crippen LogP contribution is -2.35. The van der Waals surface area contributed by atoms with Crippen LogP contribution < -0.4 is 10.1 Å². The van der Waals surface area contributed by atoms with E-state index in [1.807, 2.05) is 40.8 Å². The van der Waals surface area contributed by atoms with E-state index in [0.717, 1.165) is 28.7 Å². The fourth-order valence-corrected chi connectivity index (χ4v) is 2.26. The molecular weight excluding hydrogens is 268 g/mol. The number of ether oxygens (including phenoxy) is 1. The van der Waals surface area contributed by atoms with Gasteiger partial charge in [-0.1, -0.05) is 6.92 Å². The van der Waals surface area contributed by atoms with Crippen LogP contribution in [0.1, 0.15) is 31.5 Å². The SMILES string of the molecule is CC[C@@H](C)NC(=O)COc1cc(C)c2c(C)nn(C)c2n1. The van der Waals surface area contributed by atoms with Gasteiger partial charge in [-0.25, -0.2) is 0 Å². The molecule has 0 unspecified atom stereocenters. The summed E-state index contributed by atoms with van der Waals surface area (Å²) in [6, 6.07) is 1.99. The molecule has 0 aliphatic heterocycles. The summed E-state index contributed by atoms with van der Waals surface area (Å²) in [6.07, 6.45) is 0.892. The first-order valence-electron chi connectivity index (χ1n) is 7.15. The van der Waals surface area contributed by atoms with Crippen LogP contribution in [0.2, 0.25) is 0 Å². The average Bonchev–Trinajstić information content (AvgIpc) is 2.72. The zero-order valence-electron chi connectivity index (χ0n) is 13.2. The second-order valence-corrected chi connectivity index (χ2v) is 5.35. The van der Waals surface area contributed by atoms with Crippen LogP contribution in [0.4, 0.5) is 0 Å². The highest BCUT2D eigenvalue weighted by molar-refractivity contribution is 5.82. The van der Waals surface area contributed by atoms with Crippen molar-refractivity contribution in [3.05, 3.63) is 17.3 Å². The second kappa shape index (κ2) is 6.11. The number of nitrogens with one attached hydrogen (secondary N) is 1. The van der Waals surface area contributed by atoms with Crippen LogP contribution >= 0.6 is 0 Å². The van der Waals surface area contributed by atoms with Gasteiger partial charge in [0.25, 0.3) is 5.91 Å². The van der Waals surface area contributed by atoms with Gasteiger partial charge in [0.15, 0.2) is 12.3 Å². The van der Waals surface area contributed by atoms with Crippen molar-refractivity contribution < 1.29 is 9.53 Å². The van der Waals surface area contributed by atoms with E-state index in [2.05, 4.69) is 15.4 Å². The molecule has 0 aliphatic carbocycles. The molecule has 1 amide bonds. The van der Waals surface area contributed by atoms with Crippen molar-refractivity contribution in [3.63, 3.8) is 0 Å². The van der Waals surface area contributed by atoms with E-state index in [9.17, 15) is 4.79 Å². The summed E-state index contributed by atoms with van der Waals surface area (Å²) >= 11 is 0. The number of nitrogens with zero attached hydrogens (tertiary/aromatic N) is 3. The summed E-state index contributed by atoms with van der Waals surface area (Å²) in [6.45, 7) is 7.90. The molecule has 0 bridgehead atoms. The summed E-state index contributed by atoms with van der Waals surface area (Å²) in [5.41, 5.74) is 2.76. The van der Waals surface area contributed by atoms with E-state index in [0.29, 0.717) is 5.88 Å². The molecule has 114 valence electrons. The number of carbonyl (C=O) groups is 1. The number of aromatic nitrogens is 3. The first kappa shape index (κ1) is 15.3. The van der Waals surface area contributed by atoms with Crippen LogP contribution in [-0.4, -0.2) is 33.3 Å². The Morgan fingerprint density at radius 1 is 1.48 bits per heavy atom. The largest absolute Gasteiger partial charge is 0.468 e. The number of fused-ring (bicyclic) bond motifs is 1. The fourth-order valence-electron chi connectivity index (χ4n) is 2.26. The summed E-state index contributed by atoms with van der Waals surface area (Å²) in [4.78, 5) is 16.1. The summed E-state index contributed by atoms with van der Waals surface area (Å²) in [7, 11) is 1.85. The molecule has 6 nitrogen and oxygen atoms in total. The molecule has 0 saturated carbocycles. The smallest absolute Gasteiger partial charge is 0.258 e. The minimum atomic E-state index is -0.134. The Morgan fingerprint density at radius 2 is 2.19 bits per heavy atom. The van der Waals surface area contributed by atoms with Crippen molar-refractivity contribution >= 4 is 16.9 Å². The Hall–Kier alpha value is -2.11. The minimum absolute atomic E-state index is 0.0287. The molecule has 0 aromatic carbocycles. The molecule has 1 atom stereocenters. The van der Waals surface area contributed by atoms with Crippen LogP contribution in [0.3, 0.4) is 0 Å². The maximum atomic E-state index is 11.7. The monoisotopic (exact) mass is 290 g/mol. The minimum Gasteiger partial charge on any atom is -0.468 e. The van der Waals surface area contributed by atoms with Gasteiger partial charge >= 0.3 is 0 Å². The van der Waals surface area contributed by atoms with E-state index < -0.39 is 0 Å². The molecule has 21 heavy (non-hydrogen) atoms. The van der Waals surface area contributed by atoms with E-state index in [1.54, 1.807) is 4.68 Å². The topological polar surface area (TPSA) is 69.0 Å². The summed E-state index contributed by atoms with van der Waals surface area (Å²) < 4.78 is 7.23. The van der Waals surface area contributed by atoms with Crippen molar-refractivity contribution in [2.75, 3.05) is 6.61 Å². The number of aryl methyl sites for hydroxylation is 3. The first-order chi connectivity index (χ1) is 9.92. The Balaban J connectivity index is 2.13. The first-order valence-corrected chi connectivity index (χ1v) is 7.15. The average molecular weight is 290 g/mol. The van der Waals surface area contributed by atoms with Gasteiger partial charge in [0, 0.05) is 24.5 Å². The molecule has 2 heterocycles. The quantitative estimate of drug-likeness (QED) is 0.913. The van der Waals surface area contributed by atoms with Crippen molar-refractivity contribution in [3.8, 4) is 5.88 Å². The van der Waals surface area contributed by atoms with Gasteiger partial charge in [-0.15, -0.1) is 0 Å². The normalized spacial score (nSPS) is 12.4. The third kappa shape index (κ3) is 3.32. The zero-order chi connectivity index (χ0) is 15.6. The Labute approximate surface area is 124 Å².